The van der Waals surface area contributed by atoms with E-state index in [-0.39, 0.29) is 11.1 Å². The van der Waals surface area contributed by atoms with E-state index in [0.717, 1.165) is 4.90 Å². The molecule has 5 nitrogen and oxygen atoms in total. The SMILES string of the molecule is COc1cc(SC)ccc1C(=O)NNC(=O)c1ccccc1F. The van der Waals surface area contributed by atoms with Crippen LogP contribution in [0.2, 0.25) is 0 Å². The summed E-state index contributed by atoms with van der Waals surface area (Å²) < 4.78 is 18.7. The predicted molar refractivity (Wildman–Crippen MR) is 86.1 cm³/mol. The van der Waals surface area contributed by atoms with Crippen LogP contribution in [-0.4, -0.2) is 25.2 Å². The molecule has 7 heteroatoms. The molecule has 2 rings (SSSR count). The van der Waals surface area contributed by atoms with Gasteiger partial charge < -0.3 is 4.74 Å². The average Bonchev–Trinajstić information content (AvgIpc) is 2.59. The number of benzene rings is 2. The highest BCUT2D eigenvalue weighted by Gasteiger charge is 2.15. The smallest absolute Gasteiger partial charge is 0.273 e. The number of halogens is 1. The van der Waals surface area contributed by atoms with Gasteiger partial charge >= 0.3 is 0 Å². The maximum Gasteiger partial charge on any atom is 0.273 e. The van der Waals surface area contributed by atoms with E-state index in [4.69, 9.17) is 4.74 Å². The lowest BCUT2D eigenvalue weighted by atomic mass is 10.2. The van der Waals surface area contributed by atoms with Gasteiger partial charge in [0.1, 0.15) is 11.6 Å². The van der Waals surface area contributed by atoms with Gasteiger partial charge in [-0.1, -0.05) is 12.1 Å². The topological polar surface area (TPSA) is 67.4 Å². The van der Waals surface area contributed by atoms with Crippen molar-refractivity contribution in [3.8, 4) is 5.75 Å². The van der Waals surface area contributed by atoms with Crippen molar-refractivity contribution in [2.24, 2.45) is 0 Å². The van der Waals surface area contributed by atoms with Crippen LogP contribution in [0.5, 0.6) is 5.75 Å². The molecule has 2 amide bonds. The molecule has 2 N–H and O–H groups in total. The molecule has 2 aromatic carbocycles. The zero-order chi connectivity index (χ0) is 16.8. The summed E-state index contributed by atoms with van der Waals surface area (Å²) in [5, 5.41) is 0. The lowest BCUT2D eigenvalue weighted by Crippen LogP contribution is -2.42. The number of hydrogen-bond donors (Lipinski definition) is 2. The van der Waals surface area contributed by atoms with E-state index in [1.165, 1.54) is 43.1 Å². The van der Waals surface area contributed by atoms with Crippen molar-refractivity contribution in [3.05, 3.63) is 59.4 Å². The number of ether oxygens (including phenoxy) is 1. The minimum Gasteiger partial charge on any atom is -0.496 e. The maximum atomic E-state index is 13.5. The Labute approximate surface area is 137 Å². The molecule has 0 radical (unpaired) electrons. The van der Waals surface area contributed by atoms with Crippen LogP contribution in [0.1, 0.15) is 20.7 Å². The molecular formula is C16H15FN2O3S. The van der Waals surface area contributed by atoms with E-state index in [9.17, 15) is 14.0 Å². The predicted octanol–water partition coefficient (Wildman–Crippen LogP) is 2.63. The largest absolute Gasteiger partial charge is 0.496 e. The van der Waals surface area contributed by atoms with Crippen LogP contribution in [0.4, 0.5) is 4.39 Å². The highest BCUT2D eigenvalue weighted by atomic mass is 32.2. The Kier molecular flexibility index (Phi) is 5.59. The van der Waals surface area contributed by atoms with Crippen molar-refractivity contribution >= 4 is 23.6 Å². The summed E-state index contributed by atoms with van der Waals surface area (Å²) in [5.41, 5.74) is 4.53. The van der Waals surface area contributed by atoms with Gasteiger partial charge in [0.25, 0.3) is 11.8 Å². The number of hydrogen-bond acceptors (Lipinski definition) is 4. The van der Waals surface area contributed by atoms with Crippen LogP contribution >= 0.6 is 11.8 Å². The van der Waals surface area contributed by atoms with E-state index < -0.39 is 17.6 Å². The Bertz CT molecular complexity index is 737. The second-order valence-electron chi connectivity index (χ2n) is 4.45. The Morgan fingerprint density at radius 2 is 1.70 bits per heavy atom. The molecule has 0 aliphatic rings. The van der Waals surface area contributed by atoms with Crippen molar-refractivity contribution in [1.82, 2.24) is 10.9 Å². The number of methoxy groups -OCH3 is 1. The minimum atomic E-state index is -0.740. The summed E-state index contributed by atoms with van der Waals surface area (Å²) in [6.45, 7) is 0. The maximum absolute atomic E-state index is 13.5. The van der Waals surface area contributed by atoms with Gasteiger partial charge in [0.15, 0.2) is 0 Å². The lowest BCUT2D eigenvalue weighted by Gasteiger charge is -2.11. The molecule has 0 saturated heterocycles. The third-order valence-electron chi connectivity index (χ3n) is 3.06. The molecule has 0 spiro atoms. The van der Waals surface area contributed by atoms with Crippen molar-refractivity contribution in [2.75, 3.05) is 13.4 Å². The van der Waals surface area contributed by atoms with Gasteiger partial charge in [-0.25, -0.2) is 4.39 Å². The second kappa shape index (κ2) is 7.64. The molecule has 0 bridgehead atoms. The highest BCUT2D eigenvalue weighted by Crippen LogP contribution is 2.25. The number of carbonyl (C=O) groups is 2. The third-order valence-corrected chi connectivity index (χ3v) is 3.79. The molecule has 120 valence electrons. The minimum absolute atomic E-state index is 0.155. The molecule has 0 atom stereocenters. The van der Waals surface area contributed by atoms with E-state index in [1.54, 1.807) is 18.2 Å². The first-order valence-corrected chi connectivity index (χ1v) is 7.86. The molecule has 0 aromatic heterocycles. The lowest BCUT2D eigenvalue weighted by molar-refractivity contribution is 0.0842. The van der Waals surface area contributed by atoms with Crippen LogP contribution in [0, 0.1) is 5.82 Å². The van der Waals surface area contributed by atoms with E-state index in [1.807, 2.05) is 6.26 Å². The molecular weight excluding hydrogens is 319 g/mol. The fourth-order valence-electron chi connectivity index (χ4n) is 1.88. The summed E-state index contributed by atoms with van der Waals surface area (Å²) in [4.78, 5) is 24.9. The van der Waals surface area contributed by atoms with Crippen LogP contribution < -0.4 is 15.6 Å². The number of nitrogens with one attached hydrogen (secondary N) is 2. The van der Waals surface area contributed by atoms with Crippen LogP contribution in [0.3, 0.4) is 0 Å². The molecule has 0 aliphatic heterocycles. The molecule has 2 aromatic rings. The van der Waals surface area contributed by atoms with Crippen LogP contribution in [-0.2, 0) is 0 Å². The number of rotatable bonds is 4. The second-order valence-corrected chi connectivity index (χ2v) is 5.33. The highest BCUT2D eigenvalue weighted by molar-refractivity contribution is 7.98. The van der Waals surface area contributed by atoms with E-state index >= 15 is 0 Å². The van der Waals surface area contributed by atoms with Gasteiger partial charge in [-0.2, -0.15) is 0 Å². The summed E-state index contributed by atoms with van der Waals surface area (Å²) >= 11 is 1.51. The number of carbonyl (C=O) groups excluding carboxylic acids is 2. The van der Waals surface area contributed by atoms with Crippen LogP contribution in [0.15, 0.2) is 47.4 Å². The molecule has 0 saturated carbocycles. The number of hydrazine groups is 1. The van der Waals surface area contributed by atoms with Gasteiger partial charge in [0.05, 0.1) is 18.2 Å². The van der Waals surface area contributed by atoms with Gasteiger partial charge in [0, 0.05) is 4.90 Å². The van der Waals surface area contributed by atoms with Gasteiger partial charge in [-0.3, -0.25) is 20.4 Å². The van der Waals surface area contributed by atoms with Crippen LogP contribution in [0.25, 0.3) is 0 Å². The van der Waals surface area contributed by atoms with Crippen molar-refractivity contribution < 1.29 is 18.7 Å². The first-order chi connectivity index (χ1) is 11.1. The Balaban J connectivity index is 2.08. The number of amides is 2. The summed E-state index contributed by atoms with van der Waals surface area (Å²) in [5.74, 6) is -1.58. The molecule has 23 heavy (non-hydrogen) atoms. The third kappa shape index (κ3) is 4.01. The average molecular weight is 334 g/mol. The van der Waals surface area contributed by atoms with Gasteiger partial charge in [-0.15, -0.1) is 11.8 Å². The van der Waals surface area contributed by atoms with Crippen molar-refractivity contribution in [1.29, 1.82) is 0 Å². The zero-order valence-electron chi connectivity index (χ0n) is 12.6. The Morgan fingerprint density at radius 1 is 1.04 bits per heavy atom. The Hall–Kier alpha value is -2.54. The normalized spacial score (nSPS) is 10.0. The van der Waals surface area contributed by atoms with Crippen molar-refractivity contribution in [3.63, 3.8) is 0 Å². The fourth-order valence-corrected chi connectivity index (χ4v) is 2.31. The molecule has 0 heterocycles. The first-order valence-electron chi connectivity index (χ1n) is 6.64. The monoisotopic (exact) mass is 334 g/mol. The summed E-state index contributed by atoms with van der Waals surface area (Å²) in [6, 6.07) is 10.6. The summed E-state index contributed by atoms with van der Waals surface area (Å²) in [6.07, 6.45) is 1.91. The quantitative estimate of drug-likeness (QED) is 0.666. The molecule has 0 unspecified atom stereocenters. The number of thioether (sulfide) groups is 1. The van der Waals surface area contributed by atoms with E-state index in [0.29, 0.717) is 5.75 Å². The zero-order valence-corrected chi connectivity index (χ0v) is 13.4. The van der Waals surface area contributed by atoms with Crippen molar-refractivity contribution in [2.45, 2.75) is 4.90 Å². The fraction of sp³-hybridized carbons (Fsp3) is 0.125. The van der Waals surface area contributed by atoms with E-state index in [2.05, 4.69) is 10.9 Å². The Morgan fingerprint density at radius 3 is 2.30 bits per heavy atom. The van der Waals surface area contributed by atoms with Gasteiger partial charge in [-0.05, 0) is 36.6 Å². The van der Waals surface area contributed by atoms with Gasteiger partial charge in [0.2, 0.25) is 0 Å². The molecule has 0 fully saturated rings. The first kappa shape index (κ1) is 16.8. The standard InChI is InChI=1S/C16H15FN2O3S/c1-22-14-9-10(23-2)7-8-12(14)16(21)19-18-15(20)11-5-3-4-6-13(11)17/h3-9H,1-2H3,(H,18,20)(H,19,21). The molecule has 0 aliphatic carbocycles. The summed E-state index contributed by atoms with van der Waals surface area (Å²) in [7, 11) is 1.45.